The van der Waals surface area contributed by atoms with Crippen LogP contribution in [0, 0.1) is 0 Å². The topological polar surface area (TPSA) is 46.9 Å². The van der Waals surface area contributed by atoms with Gasteiger partial charge in [0.2, 0.25) is 0 Å². The molecule has 4 nitrogen and oxygen atoms in total. The summed E-state index contributed by atoms with van der Waals surface area (Å²) >= 11 is 3.20. The van der Waals surface area contributed by atoms with Crippen LogP contribution >= 0.6 is 15.9 Å². The van der Waals surface area contributed by atoms with E-state index in [9.17, 15) is 4.79 Å². The molecule has 0 fully saturated rings. The van der Waals surface area contributed by atoms with Crippen molar-refractivity contribution in [2.45, 2.75) is 26.8 Å². The molecule has 16 heavy (non-hydrogen) atoms. The Balaban J connectivity index is 2.80. The van der Waals surface area contributed by atoms with Gasteiger partial charge < -0.3 is 5.32 Å². The van der Waals surface area contributed by atoms with Gasteiger partial charge in [0, 0.05) is 17.6 Å². The van der Waals surface area contributed by atoms with Crippen LogP contribution in [0.2, 0.25) is 0 Å². The molecule has 1 rings (SSSR count). The Bertz CT molecular complexity index is 398. The molecule has 1 heterocycles. The van der Waals surface area contributed by atoms with E-state index in [1.165, 1.54) is 0 Å². The lowest BCUT2D eigenvalue weighted by Crippen LogP contribution is -2.26. The van der Waals surface area contributed by atoms with Crippen molar-refractivity contribution < 1.29 is 4.79 Å². The molecular formula is C11H16BrN3O. The second-order valence-electron chi connectivity index (χ2n) is 3.39. The number of amides is 1. The standard InChI is InChI=1S/C11H16BrN3O/c1-4-9-6-10(15(5-2)14-9)11(16)13-7-8(3)12/h6H,3-5,7H2,1-2H3,(H,13,16). The van der Waals surface area contributed by atoms with Crippen LogP contribution in [-0.2, 0) is 13.0 Å². The van der Waals surface area contributed by atoms with Gasteiger partial charge in [-0.3, -0.25) is 9.48 Å². The van der Waals surface area contributed by atoms with Crippen LogP contribution in [0.4, 0.5) is 0 Å². The molecule has 0 bridgehead atoms. The summed E-state index contributed by atoms with van der Waals surface area (Å²) in [4.78, 5) is 11.8. The number of carbonyl (C=O) groups excluding carboxylic acids is 1. The van der Waals surface area contributed by atoms with E-state index in [2.05, 4.69) is 32.9 Å². The molecule has 0 spiro atoms. The molecule has 1 aromatic rings. The van der Waals surface area contributed by atoms with Gasteiger partial charge in [0.15, 0.2) is 0 Å². The number of nitrogens with zero attached hydrogens (tertiary/aromatic N) is 2. The third kappa shape index (κ3) is 3.20. The monoisotopic (exact) mass is 285 g/mol. The SMILES string of the molecule is C=C(Br)CNC(=O)c1cc(CC)nn1CC. The van der Waals surface area contributed by atoms with Crippen LogP contribution in [-0.4, -0.2) is 22.2 Å². The summed E-state index contributed by atoms with van der Waals surface area (Å²) in [7, 11) is 0. The first kappa shape index (κ1) is 13.0. The largest absolute Gasteiger partial charge is 0.346 e. The molecule has 0 unspecified atom stereocenters. The predicted molar refractivity (Wildman–Crippen MR) is 67.7 cm³/mol. The van der Waals surface area contributed by atoms with Crippen molar-refractivity contribution in [3.63, 3.8) is 0 Å². The fourth-order valence-corrected chi connectivity index (χ4v) is 1.47. The molecule has 0 aliphatic carbocycles. The number of rotatable bonds is 5. The van der Waals surface area contributed by atoms with Crippen molar-refractivity contribution in [1.82, 2.24) is 15.1 Å². The van der Waals surface area contributed by atoms with Crippen molar-refractivity contribution >= 4 is 21.8 Å². The van der Waals surface area contributed by atoms with Gasteiger partial charge in [-0.25, -0.2) is 0 Å². The quantitative estimate of drug-likeness (QED) is 0.901. The van der Waals surface area contributed by atoms with E-state index in [0.717, 1.165) is 16.6 Å². The Morgan fingerprint density at radius 2 is 2.31 bits per heavy atom. The Morgan fingerprint density at radius 1 is 1.62 bits per heavy atom. The Labute approximate surface area is 104 Å². The van der Waals surface area contributed by atoms with E-state index in [-0.39, 0.29) is 5.91 Å². The number of nitrogens with one attached hydrogen (secondary N) is 1. The van der Waals surface area contributed by atoms with Crippen LogP contribution in [0.3, 0.4) is 0 Å². The van der Waals surface area contributed by atoms with E-state index >= 15 is 0 Å². The maximum atomic E-state index is 11.8. The molecule has 1 amide bonds. The van der Waals surface area contributed by atoms with Crippen molar-refractivity contribution in [2.75, 3.05) is 6.54 Å². The minimum absolute atomic E-state index is 0.116. The minimum atomic E-state index is -0.116. The maximum Gasteiger partial charge on any atom is 0.269 e. The van der Waals surface area contributed by atoms with Gasteiger partial charge in [-0.05, 0) is 19.4 Å². The second kappa shape index (κ2) is 5.84. The summed E-state index contributed by atoms with van der Waals surface area (Å²) in [5, 5.41) is 7.08. The third-order valence-corrected chi connectivity index (χ3v) is 2.45. The molecule has 0 radical (unpaired) electrons. The zero-order valence-electron chi connectivity index (χ0n) is 9.59. The Morgan fingerprint density at radius 3 is 2.81 bits per heavy atom. The van der Waals surface area contributed by atoms with E-state index < -0.39 is 0 Å². The van der Waals surface area contributed by atoms with Gasteiger partial charge in [0.25, 0.3) is 5.91 Å². The molecule has 1 N–H and O–H groups in total. The van der Waals surface area contributed by atoms with Crippen molar-refractivity contribution in [2.24, 2.45) is 0 Å². The molecule has 1 aromatic heterocycles. The first-order valence-corrected chi connectivity index (χ1v) is 6.06. The first-order valence-electron chi connectivity index (χ1n) is 5.26. The lowest BCUT2D eigenvalue weighted by molar-refractivity contribution is 0.0947. The van der Waals surface area contributed by atoms with Crippen molar-refractivity contribution in [3.8, 4) is 0 Å². The van der Waals surface area contributed by atoms with Crippen LogP contribution in [0.1, 0.15) is 30.0 Å². The lowest BCUT2D eigenvalue weighted by Gasteiger charge is -2.05. The van der Waals surface area contributed by atoms with Crippen LogP contribution < -0.4 is 5.32 Å². The maximum absolute atomic E-state index is 11.8. The molecule has 5 heteroatoms. The predicted octanol–water partition coefficient (Wildman–Crippen LogP) is 2.10. The van der Waals surface area contributed by atoms with Gasteiger partial charge in [-0.2, -0.15) is 5.10 Å². The first-order chi connectivity index (χ1) is 7.58. The van der Waals surface area contributed by atoms with E-state index in [0.29, 0.717) is 18.8 Å². The average molecular weight is 286 g/mol. The highest BCUT2D eigenvalue weighted by Crippen LogP contribution is 2.06. The second-order valence-corrected chi connectivity index (χ2v) is 4.51. The number of hydrogen-bond donors (Lipinski definition) is 1. The van der Waals surface area contributed by atoms with Crippen molar-refractivity contribution in [1.29, 1.82) is 0 Å². The summed E-state index contributed by atoms with van der Waals surface area (Å²) in [6.45, 7) is 8.77. The van der Waals surface area contributed by atoms with Crippen LogP contribution in [0.5, 0.6) is 0 Å². The molecule has 0 atom stereocenters. The molecule has 0 saturated carbocycles. The van der Waals surface area contributed by atoms with E-state index in [4.69, 9.17) is 0 Å². The Kier molecular flexibility index (Phi) is 4.73. The van der Waals surface area contributed by atoms with Gasteiger partial charge in [-0.1, -0.05) is 29.4 Å². The highest BCUT2D eigenvalue weighted by Gasteiger charge is 2.13. The van der Waals surface area contributed by atoms with Crippen LogP contribution in [0.15, 0.2) is 17.1 Å². The fourth-order valence-electron chi connectivity index (χ4n) is 1.33. The fraction of sp³-hybridized carbons (Fsp3) is 0.455. The number of halogens is 1. The molecule has 0 aliphatic rings. The summed E-state index contributed by atoms with van der Waals surface area (Å²) in [6.07, 6.45) is 0.832. The molecule has 0 saturated heterocycles. The average Bonchev–Trinajstić information content (AvgIpc) is 2.68. The molecular weight excluding hydrogens is 270 g/mol. The normalized spacial score (nSPS) is 10.2. The lowest BCUT2D eigenvalue weighted by atomic mass is 10.3. The Hall–Kier alpha value is -1.10. The molecule has 0 aromatic carbocycles. The summed E-state index contributed by atoms with van der Waals surface area (Å²) < 4.78 is 2.46. The van der Waals surface area contributed by atoms with Gasteiger partial charge in [0.05, 0.1) is 5.69 Å². The number of carbonyl (C=O) groups is 1. The zero-order chi connectivity index (χ0) is 12.1. The highest BCUT2D eigenvalue weighted by atomic mass is 79.9. The number of hydrogen-bond acceptors (Lipinski definition) is 2. The van der Waals surface area contributed by atoms with Crippen LogP contribution in [0.25, 0.3) is 0 Å². The van der Waals surface area contributed by atoms with Gasteiger partial charge in [0.1, 0.15) is 5.69 Å². The van der Waals surface area contributed by atoms with Gasteiger partial charge in [-0.15, -0.1) is 0 Å². The third-order valence-electron chi connectivity index (χ3n) is 2.17. The van der Waals surface area contributed by atoms with Gasteiger partial charge >= 0.3 is 0 Å². The van der Waals surface area contributed by atoms with E-state index in [1.54, 1.807) is 4.68 Å². The van der Waals surface area contributed by atoms with Crippen molar-refractivity contribution in [3.05, 3.63) is 28.5 Å². The summed E-state index contributed by atoms with van der Waals surface area (Å²) in [5.41, 5.74) is 1.54. The zero-order valence-corrected chi connectivity index (χ0v) is 11.2. The molecule has 0 aliphatic heterocycles. The number of aryl methyl sites for hydroxylation is 2. The molecule has 88 valence electrons. The summed E-state index contributed by atoms with van der Waals surface area (Å²) in [6, 6.07) is 1.83. The minimum Gasteiger partial charge on any atom is -0.346 e. The summed E-state index contributed by atoms with van der Waals surface area (Å²) in [5.74, 6) is -0.116. The number of aromatic nitrogens is 2. The highest BCUT2D eigenvalue weighted by molar-refractivity contribution is 9.11. The smallest absolute Gasteiger partial charge is 0.269 e. The van der Waals surface area contributed by atoms with E-state index in [1.807, 2.05) is 19.9 Å².